The van der Waals surface area contributed by atoms with Crippen LogP contribution in [-0.4, -0.2) is 31.3 Å². The van der Waals surface area contributed by atoms with Crippen LogP contribution in [0.25, 0.3) is 22.2 Å². The number of hydrogen-bond donors (Lipinski definition) is 2. The van der Waals surface area contributed by atoms with Crippen molar-refractivity contribution in [1.29, 1.82) is 0 Å². The summed E-state index contributed by atoms with van der Waals surface area (Å²) in [7, 11) is 1.26. The van der Waals surface area contributed by atoms with Crippen molar-refractivity contribution in [2.75, 3.05) is 18.2 Å². The number of aryl methyl sites for hydroxylation is 4. The summed E-state index contributed by atoms with van der Waals surface area (Å²) in [5.41, 5.74) is 11.5. The molecule has 6 nitrogen and oxygen atoms in total. The number of fused-ring (bicyclic) bond motifs is 1. The number of aromatic nitrogens is 3. The molecule has 3 N–H and O–H groups in total. The highest BCUT2D eigenvalue weighted by Gasteiger charge is 2.17. The van der Waals surface area contributed by atoms with E-state index in [4.69, 9.17) is 5.73 Å². The lowest BCUT2D eigenvalue weighted by atomic mass is 9.94. The van der Waals surface area contributed by atoms with Crippen LogP contribution in [0.15, 0.2) is 23.1 Å². The second kappa shape index (κ2) is 7.23. The van der Waals surface area contributed by atoms with Gasteiger partial charge in [0, 0.05) is 42.1 Å². The average molecular weight is 360 g/mol. The molecule has 0 saturated heterocycles. The van der Waals surface area contributed by atoms with E-state index >= 15 is 0 Å². The third-order valence-corrected chi connectivity index (χ3v) is 3.79. The van der Waals surface area contributed by atoms with Gasteiger partial charge in [0.05, 0.1) is 5.39 Å². The first-order valence-electron chi connectivity index (χ1n) is 7.80. The molecule has 0 radical (unpaired) electrons. The number of anilines is 1. The van der Waals surface area contributed by atoms with E-state index in [9.17, 15) is 9.00 Å². The highest BCUT2D eigenvalue weighted by Crippen LogP contribution is 2.33. The van der Waals surface area contributed by atoms with Crippen LogP contribution in [0.3, 0.4) is 0 Å². The third kappa shape index (κ3) is 3.99. The molecule has 2 heterocycles. The number of nitrogens with one attached hydrogen (secondary N) is 1. The molecule has 0 aliphatic carbocycles. The molecule has 0 fully saturated rings. The van der Waals surface area contributed by atoms with Crippen molar-refractivity contribution >= 4 is 27.8 Å². The monoisotopic (exact) mass is 360 g/mol. The van der Waals surface area contributed by atoms with Crippen LogP contribution >= 0.6 is 0 Å². The van der Waals surface area contributed by atoms with Gasteiger partial charge >= 0.3 is 0 Å². The highest BCUT2D eigenvalue weighted by atomic mass is 32.2. The maximum atomic E-state index is 12.3. The van der Waals surface area contributed by atoms with E-state index in [1.807, 2.05) is 17.8 Å². The molecule has 0 bridgehead atoms. The van der Waals surface area contributed by atoms with Gasteiger partial charge in [-0.15, -0.1) is 0 Å². The number of benzene rings is 1. The second-order valence-electron chi connectivity index (χ2n) is 6.32. The molecule has 0 unspecified atom stereocenters. The largest absolute Gasteiger partial charge is 0.369 e. The zero-order valence-corrected chi connectivity index (χ0v) is 16.2. The summed E-state index contributed by atoms with van der Waals surface area (Å²) in [6, 6.07) is 4.25. The molecule has 0 spiro atoms. The summed E-state index contributed by atoms with van der Waals surface area (Å²) >= 11 is 0. The maximum Gasteiger partial charge on any atom is 0.262 e. The lowest BCUT2D eigenvalue weighted by Gasteiger charge is -2.10. The Bertz CT molecular complexity index is 991. The van der Waals surface area contributed by atoms with E-state index in [1.54, 1.807) is 12.5 Å². The average Bonchev–Trinajstić information content (AvgIpc) is 2.74. The van der Waals surface area contributed by atoms with Crippen molar-refractivity contribution in [2.24, 2.45) is 7.05 Å². The fourth-order valence-corrected chi connectivity index (χ4v) is 3.09. The van der Waals surface area contributed by atoms with E-state index < -0.39 is 10.8 Å². The Morgan fingerprint density at radius 2 is 1.68 bits per heavy atom. The lowest BCUT2D eigenvalue weighted by molar-refractivity contribution is 0.690. The summed E-state index contributed by atoms with van der Waals surface area (Å²) in [4.78, 5) is 19.1. The van der Waals surface area contributed by atoms with E-state index in [2.05, 4.69) is 42.9 Å². The van der Waals surface area contributed by atoms with Crippen LogP contribution in [0, 0.1) is 20.8 Å². The maximum absolute atomic E-state index is 12.3. The number of nitrogen functional groups attached to an aromatic ring is 1. The molecule has 0 aliphatic rings. The Labute approximate surface area is 149 Å². The Kier molecular flexibility index (Phi) is 5.47. The van der Waals surface area contributed by atoms with Crippen LogP contribution in [-0.2, 0) is 17.8 Å². The van der Waals surface area contributed by atoms with Gasteiger partial charge in [0.25, 0.3) is 5.56 Å². The molecule has 0 saturated carbocycles. The minimum Gasteiger partial charge on any atom is -0.369 e. The molecule has 25 heavy (non-hydrogen) atoms. The van der Waals surface area contributed by atoms with Gasteiger partial charge in [0.1, 0.15) is 5.65 Å². The molecule has 0 amide bonds. The Morgan fingerprint density at radius 3 is 2.20 bits per heavy atom. The van der Waals surface area contributed by atoms with E-state index in [-0.39, 0.29) is 11.5 Å². The number of aromatic amines is 1. The summed E-state index contributed by atoms with van der Waals surface area (Å²) in [6.07, 6.45) is 5.22. The molecule has 3 rings (SSSR count). The first-order valence-corrected chi connectivity index (χ1v) is 9.76. The molecular weight excluding hydrogens is 336 g/mol. The number of nitrogens with two attached hydrogens (primary N) is 1. The van der Waals surface area contributed by atoms with Gasteiger partial charge in [-0.2, -0.15) is 4.98 Å². The smallest absolute Gasteiger partial charge is 0.262 e. The fourth-order valence-electron chi connectivity index (χ4n) is 3.09. The molecule has 0 aliphatic heterocycles. The molecule has 3 aromatic rings. The van der Waals surface area contributed by atoms with Crippen molar-refractivity contribution in [1.82, 2.24) is 14.5 Å². The molecule has 0 atom stereocenters. The topological polar surface area (TPSA) is 93.8 Å². The summed E-state index contributed by atoms with van der Waals surface area (Å²) in [6.45, 7) is 6.20. The van der Waals surface area contributed by atoms with Crippen LogP contribution in [0.4, 0.5) is 5.95 Å². The van der Waals surface area contributed by atoms with Gasteiger partial charge in [-0.3, -0.25) is 14.0 Å². The van der Waals surface area contributed by atoms with Gasteiger partial charge < -0.3 is 10.3 Å². The first kappa shape index (κ1) is 18.9. The van der Waals surface area contributed by atoms with Crippen LogP contribution in [0.2, 0.25) is 0 Å². The number of rotatable bonds is 1. The molecule has 2 aromatic heterocycles. The van der Waals surface area contributed by atoms with Crippen molar-refractivity contribution < 1.29 is 4.21 Å². The van der Waals surface area contributed by atoms with Crippen molar-refractivity contribution in [3.63, 3.8) is 0 Å². The minimum absolute atomic E-state index is 0.137. The van der Waals surface area contributed by atoms with Crippen molar-refractivity contribution in [2.45, 2.75) is 20.8 Å². The number of hydrogen-bond acceptors (Lipinski definition) is 4. The Balaban J connectivity index is 0.000000511. The quantitative estimate of drug-likeness (QED) is 0.697. The normalized spacial score (nSPS) is 10.8. The zero-order valence-electron chi connectivity index (χ0n) is 15.4. The van der Waals surface area contributed by atoms with E-state index in [0.717, 1.165) is 22.3 Å². The second-order valence-corrected chi connectivity index (χ2v) is 7.80. The van der Waals surface area contributed by atoms with Gasteiger partial charge in [-0.05, 0) is 37.5 Å². The fraction of sp³-hybridized carbons (Fsp3) is 0.333. The first-order chi connectivity index (χ1) is 11.6. The molecule has 134 valence electrons. The SMILES string of the molecule is CS(C)=O.Cc1cc(C)c(-c2cn(C)c3nc(N)[nH]c(=O)c23)c(C)c1. The van der Waals surface area contributed by atoms with Gasteiger partial charge in [0.15, 0.2) is 0 Å². The lowest BCUT2D eigenvalue weighted by Crippen LogP contribution is -2.11. The Morgan fingerprint density at radius 1 is 1.16 bits per heavy atom. The predicted molar refractivity (Wildman–Crippen MR) is 105 cm³/mol. The Hall–Kier alpha value is -2.41. The molecule has 1 aromatic carbocycles. The minimum atomic E-state index is -0.611. The predicted octanol–water partition coefficient (Wildman–Crippen LogP) is 2.43. The number of nitrogens with zero attached hydrogens (tertiary/aromatic N) is 2. The van der Waals surface area contributed by atoms with Gasteiger partial charge in [0.2, 0.25) is 5.95 Å². The summed E-state index contributed by atoms with van der Waals surface area (Å²) < 4.78 is 11.4. The van der Waals surface area contributed by atoms with Crippen molar-refractivity contribution in [3.8, 4) is 11.1 Å². The molecular formula is C18H24N4O2S. The van der Waals surface area contributed by atoms with Crippen LogP contribution in [0.5, 0.6) is 0 Å². The van der Waals surface area contributed by atoms with Crippen LogP contribution in [0.1, 0.15) is 16.7 Å². The van der Waals surface area contributed by atoms with Gasteiger partial charge in [-0.25, -0.2) is 0 Å². The summed E-state index contributed by atoms with van der Waals surface area (Å²) in [5, 5.41) is 0.585. The molecule has 7 heteroatoms. The third-order valence-electron chi connectivity index (χ3n) is 3.79. The standard InChI is InChI=1S/C16H18N4O.C2H6OS/c1-8-5-9(2)12(10(3)6-8)11-7-20(4)14-13(11)15(21)19-16(17)18-14;1-4(2)3/h5-7H,1-4H3,(H3,17,18,19,21);1-2H3. The van der Waals surface area contributed by atoms with E-state index in [1.165, 1.54) is 5.56 Å². The van der Waals surface area contributed by atoms with Gasteiger partial charge in [-0.1, -0.05) is 17.7 Å². The number of H-pyrrole nitrogens is 1. The highest BCUT2D eigenvalue weighted by molar-refractivity contribution is 7.83. The van der Waals surface area contributed by atoms with Crippen molar-refractivity contribution in [3.05, 3.63) is 45.4 Å². The summed E-state index contributed by atoms with van der Waals surface area (Å²) in [5.74, 6) is 0.137. The van der Waals surface area contributed by atoms with E-state index in [0.29, 0.717) is 11.0 Å². The van der Waals surface area contributed by atoms with Crippen LogP contribution < -0.4 is 11.3 Å². The zero-order chi connectivity index (χ0) is 18.9.